The molecule has 1 amide bonds. The van der Waals surface area contributed by atoms with Gasteiger partial charge in [0.05, 0.1) is 6.42 Å². The molecule has 0 N–H and O–H groups in total. The number of likely N-dealkylation sites (N-methyl/N-ethyl adjacent to an activating group) is 1. The van der Waals surface area contributed by atoms with Crippen LogP contribution < -0.4 is 4.90 Å². The summed E-state index contributed by atoms with van der Waals surface area (Å²) < 4.78 is 5.11. The second-order valence-corrected chi connectivity index (χ2v) is 5.88. The summed E-state index contributed by atoms with van der Waals surface area (Å²) in [4.78, 5) is 25.8. The highest BCUT2D eigenvalue weighted by Crippen LogP contribution is 2.16. The van der Waals surface area contributed by atoms with Crippen LogP contribution in [0.2, 0.25) is 5.02 Å². The van der Waals surface area contributed by atoms with Crippen LogP contribution in [0.25, 0.3) is 0 Å². The minimum atomic E-state index is -0.439. The van der Waals surface area contributed by atoms with Gasteiger partial charge in [0.15, 0.2) is 6.61 Å². The number of anilines is 1. The van der Waals surface area contributed by atoms with Crippen LogP contribution in [0.5, 0.6) is 0 Å². The molecule has 0 saturated heterocycles. The monoisotopic (exact) mass is 345 g/mol. The van der Waals surface area contributed by atoms with E-state index in [9.17, 15) is 9.59 Å². The number of carbonyl (C=O) groups is 2. The van der Waals surface area contributed by atoms with Crippen molar-refractivity contribution >= 4 is 29.2 Å². The summed E-state index contributed by atoms with van der Waals surface area (Å²) in [6, 6.07) is 14.6. The molecular weight excluding hydrogens is 326 g/mol. The van der Waals surface area contributed by atoms with Crippen LogP contribution in [-0.4, -0.2) is 25.0 Å². The first kappa shape index (κ1) is 18.0. The van der Waals surface area contributed by atoms with E-state index in [2.05, 4.69) is 0 Å². The number of ether oxygens (including phenoxy) is 1. The van der Waals surface area contributed by atoms with Gasteiger partial charge >= 0.3 is 5.97 Å². The van der Waals surface area contributed by atoms with Crippen LogP contribution in [0.1, 0.15) is 18.1 Å². The topological polar surface area (TPSA) is 46.6 Å². The normalized spacial score (nSPS) is 10.3. The number of aryl methyl sites for hydroxylation is 1. The van der Waals surface area contributed by atoms with Crippen LogP contribution in [-0.2, 0) is 20.7 Å². The molecule has 0 unspecified atom stereocenters. The number of esters is 1. The first-order valence-corrected chi connectivity index (χ1v) is 8.14. The fraction of sp³-hybridized carbons (Fsp3) is 0.263. The van der Waals surface area contributed by atoms with Gasteiger partial charge in [-0.2, -0.15) is 0 Å². The average molecular weight is 346 g/mol. The second-order valence-electron chi connectivity index (χ2n) is 5.44. The Kier molecular flexibility index (Phi) is 6.38. The minimum Gasteiger partial charge on any atom is -0.455 e. The molecule has 4 nitrogen and oxygen atoms in total. The maximum Gasteiger partial charge on any atom is 0.310 e. The van der Waals surface area contributed by atoms with Gasteiger partial charge in [0.1, 0.15) is 0 Å². The lowest BCUT2D eigenvalue weighted by Crippen LogP contribution is -2.34. The fourth-order valence-electron chi connectivity index (χ4n) is 2.34. The van der Waals surface area contributed by atoms with Gasteiger partial charge in [-0.25, -0.2) is 0 Å². The lowest BCUT2D eigenvalue weighted by atomic mass is 10.1. The predicted octanol–water partition coefficient (Wildman–Crippen LogP) is 3.79. The Balaban J connectivity index is 1.91. The fourth-order valence-corrected chi connectivity index (χ4v) is 2.46. The second kappa shape index (κ2) is 8.50. The van der Waals surface area contributed by atoms with Crippen molar-refractivity contribution in [3.8, 4) is 0 Å². The Morgan fingerprint density at radius 3 is 2.46 bits per heavy atom. The lowest BCUT2D eigenvalue weighted by Gasteiger charge is -2.21. The Morgan fingerprint density at radius 1 is 1.12 bits per heavy atom. The lowest BCUT2D eigenvalue weighted by molar-refractivity contribution is -0.147. The zero-order chi connectivity index (χ0) is 17.5. The van der Waals surface area contributed by atoms with Gasteiger partial charge in [-0.05, 0) is 49.2 Å². The van der Waals surface area contributed by atoms with Crippen molar-refractivity contribution in [2.24, 2.45) is 0 Å². The molecule has 24 heavy (non-hydrogen) atoms. The Morgan fingerprint density at radius 2 is 1.83 bits per heavy atom. The molecule has 0 saturated carbocycles. The molecule has 2 aromatic rings. The average Bonchev–Trinajstić information content (AvgIpc) is 2.56. The minimum absolute atomic E-state index is 0.112. The van der Waals surface area contributed by atoms with Crippen molar-refractivity contribution in [3.05, 3.63) is 64.7 Å². The van der Waals surface area contributed by atoms with Crippen molar-refractivity contribution in [1.82, 2.24) is 0 Å². The van der Waals surface area contributed by atoms with Crippen LogP contribution in [0.4, 0.5) is 5.69 Å². The van der Waals surface area contributed by atoms with E-state index in [1.165, 1.54) is 0 Å². The zero-order valence-corrected chi connectivity index (χ0v) is 14.5. The number of hydrogen-bond acceptors (Lipinski definition) is 3. The van der Waals surface area contributed by atoms with Gasteiger partial charge in [-0.15, -0.1) is 0 Å². The van der Waals surface area contributed by atoms with Crippen LogP contribution >= 0.6 is 11.6 Å². The number of benzene rings is 2. The highest BCUT2D eigenvalue weighted by atomic mass is 35.5. The SMILES string of the molecule is CCN(C(=O)COC(=O)Cc1ccc(Cl)cc1)c1cccc(C)c1. The highest BCUT2D eigenvalue weighted by Gasteiger charge is 2.16. The van der Waals surface area contributed by atoms with Gasteiger partial charge in [0.2, 0.25) is 0 Å². The zero-order valence-electron chi connectivity index (χ0n) is 13.8. The molecule has 0 aromatic heterocycles. The molecule has 0 bridgehead atoms. The van der Waals surface area contributed by atoms with Crippen molar-refractivity contribution in [1.29, 1.82) is 0 Å². The third kappa shape index (κ3) is 5.10. The molecule has 126 valence electrons. The van der Waals surface area contributed by atoms with Gasteiger partial charge in [0.25, 0.3) is 5.91 Å². The third-order valence-corrected chi connectivity index (χ3v) is 3.80. The Bertz CT molecular complexity index is 713. The van der Waals surface area contributed by atoms with E-state index >= 15 is 0 Å². The van der Waals surface area contributed by atoms with Crippen molar-refractivity contribution in [2.75, 3.05) is 18.1 Å². The summed E-state index contributed by atoms with van der Waals surface area (Å²) in [6.07, 6.45) is 0.112. The maximum atomic E-state index is 12.3. The van der Waals surface area contributed by atoms with E-state index in [0.29, 0.717) is 11.6 Å². The van der Waals surface area contributed by atoms with E-state index in [4.69, 9.17) is 16.3 Å². The first-order chi connectivity index (χ1) is 11.5. The summed E-state index contributed by atoms with van der Waals surface area (Å²) in [5.74, 6) is -0.682. The standard InChI is InChI=1S/C19H20ClNO3/c1-3-21(17-6-4-5-14(2)11-17)18(22)13-24-19(23)12-15-7-9-16(20)10-8-15/h4-11H,3,12-13H2,1-2H3. The Labute approximate surface area is 147 Å². The van der Waals surface area contributed by atoms with E-state index in [1.807, 2.05) is 38.1 Å². The van der Waals surface area contributed by atoms with Crippen molar-refractivity contribution in [3.63, 3.8) is 0 Å². The number of hydrogen-bond donors (Lipinski definition) is 0. The molecule has 5 heteroatoms. The van der Waals surface area contributed by atoms with E-state index in [1.54, 1.807) is 29.2 Å². The number of nitrogens with zero attached hydrogens (tertiary/aromatic N) is 1. The molecule has 0 aliphatic rings. The summed E-state index contributed by atoms with van der Waals surface area (Å²) in [7, 11) is 0. The number of amides is 1. The highest BCUT2D eigenvalue weighted by molar-refractivity contribution is 6.30. The quantitative estimate of drug-likeness (QED) is 0.748. The van der Waals surface area contributed by atoms with Crippen molar-refractivity contribution in [2.45, 2.75) is 20.3 Å². The molecule has 0 aliphatic heterocycles. The number of carbonyl (C=O) groups excluding carboxylic acids is 2. The molecule has 0 spiro atoms. The number of rotatable bonds is 6. The van der Waals surface area contributed by atoms with E-state index < -0.39 is 5.97 Å². The first-order valence-electron chi connectivity index (χ1n) is 7.76. The third-order valence-electron chi connectivity index (χ3n) is 3.55. The van der Waals surface area contributed by atoms with Gasteiger partial charge in [-0.3, -0.25) is 9.59 Å². The van der Waals surface area contributed by atoms with Crippen LogP contribution in [0.3, 0.4) is 0 Å². The van der Waals surface area contributed by atoms with Crippen LogP contribution in [0, 0.1) is 6.92 Å². The maximum absolute atomic E-state index is 12.3. The summed E-state index contributed by atoms with van der Waals surface area (Å²) in [5.41, 5.74) is 2.66. The van der Waals surface area contributed by atoms with E-state index in [0.717, 1.165) is 16.8 Å². The summed E-state index contributed by atoms with van der Waals surface area (Å²) in [5, 5.41) is 0.610. The molecular formula is C19H20ClNO3. The molecule has 0 fully saturated rings. The summed E-state index contributed by atoms with van der Waals surface area (Å²) >= 11 is 5.80. The molecule has 0 radical (unpaired) electrons. The largest absolute Gasteiger partial charge is 0.455 e. The molecule has 0 atom stereocenters. The molecule has 0 aliphatic carbocycles. The van der Waals surface area contributed by atoms with Gasteiger partial charge in [0, 0.05) is 17.3 Å². The van der Waals surface area contributed by atoms with Gasteiger partial charge < -0.3 is 9.64 Å². The predicted molar refractivity (Wildman–Crippen MR) is 95.3 cm³/mol. The molecule has 2 rings (SSSR count). The molecule has 0 heterocycles. The molecule has 2 aromatic carbocycles. The van der Waals surface area contributed by atoms with Crippen molar-refractivity contribution < 1.29 is 14.3 Å². The van der Waals surface area contributed by atoms with Gasteiger partial charge in [-0.1, -0.05) is 35.9 Å². The smallest absolute Gasteiger partial charge is 0.310 e. The Hall–Kier alpha value is -2.33. The van der Waals surface area contributed by atoms with E-state index in [-0.39, 0.29) is 18.9 Å². The summed E-state index contributed by atoms with van der Waals surface area (Å²) in [6.45, 7) is 4.09. The number of halogens is 1. The van der Waals surface area contributed by atoms with Crippen LogP contribution in [0.15, 0.2) is 48.5 Å².